The minimum absolute atomic E-state index is 0.0148. The third-order valence-corrected chi connectivity index (χ3v) is 12.0. The minimum atomic E-state index is -0.722. The topological polar surface area (TPSA) is 80.7 Å². The van der Waals surface area contributed by atoms with Gasteiger partial charge in [0.25, 0.3) is 0 Å². The number of ether oxygens (including phenoxy) is 1. The van der Waals surface area contributed by atoms with Gasteiger partial charge in [0.05, 0.1) is 6.10 Å². The van der Waals surface area contributed by atoms with Gasteiger partial charge in [-0.2, -0.15) is 0 Å². The van der Waals surface area contributed by atoms with Crippen LogP contribution in [0.4, 0.5) is 0 Å². The van der Waals surface area contributed by atoms with E-state index in [4.69, 9.17) is 4.74 Å². The molecule has 0 heterocycles. The fourth-order valence-corrected chi connectivity index (χ4v) is 9.93. The molecule has 0 aromatic heterocycles. The highest BCUT2D eigenvalue weighted by Gasteiger charge is 2.69. The number of carbonyl (C=O) groups excluding carboxylic acids is 3. The lowest BCUT2D eigenvalue weighted by Crippen LogP contribution is -2.65. The van der Waals surface area contributed by atoms with E-state index < -0.39 is 18.2 Å². The number of Topliss-reactive ketones (excluding diaryl/α,β-unsaturated/α-hetero) is 2. The molecule has 0 aromatic carbocycles. The van der Waals surface area contributed by atoms with Gasteiger partial charge in [0.2, 0.25) is 0 Å². The number of hydrogen-bond donors (Lipinski definition) is 1. The Morgan fingerprint density at radius 2 is 1.68 bits per heavy atom. The summed E-state index contributed by atoms with van der Waals surface area (Å²) in [6.07, 6.45) is 5.57. The van der Waals surface area contributed by atoms with Crippen molar-refractivity contribution in [3.05, 3.63) is 11.1 Å². The molecule has 1 unspecified atom stereocenters. The second kappa shape index (κ2) is 9.31. The lowest BCUT2D eigenvalue weighted by molar-refractivity contribution is -0.208. The standard InChI is InChI=1S/C32H50O5/c1-18(2)27(36)24(37-20(4)33)16-19(3)21-10-14-31(8)22(21)17-23(34)28-30(7)13-12-26(35)29(5,6)25(30)11-15-32(28,31)9/h18-19,23-25,28,34H,10-17H2,1-9H3/t19-,23+,24?,25+,28+,30+,31+,32+/m1/s1. The number of ketones is 2. The number of esters is 1. The van der Waals surface area contributed by atoms with Crippen molar-refractivity contribution in [2.75, 3.05) is 0 Å². The number of allylic oxidation sites excluding steroid dienone is 1. The average Bonchev–Trinajstić information content (AvgIpc) is 3.13. The van der Waals surface area contributed by atoms with Gasteiger partial charge in [-0.3, -0.25) is 14.4 Å². The SMILES string of the molecule is CC(=O)OC(C[C@@H](C)C1=C2C[C@H](O)[C@H]3[C@@]4(C)CCC(=O)C(C)(C)[C@@H]4CC[C@]3(C)[C@@]2(C)CC1)C(=O)C(C)C. The Balaban J connectivity index is 1.69. The zero-order valence-corrected chi connectivity index (χ0v) is 24.7. The Morgan fingerprint density at radius 1 is 1.03 bits per heavy atom. The molecule has 37 heavy (non-hydrogen) atoms. The molecule has 5 heteroatoms. The van der Waals surface area contributed by atoms with E-state index in [1.807, 2.05) is 13.8 Å². The molecule has 8 atom stereocenters. The van der Waals surface area contributed by atoms with Crippen LogP contribution in [0.1, 0.15) is 114 Å². The monoisotopic (exact) mass is 514 g/mol. The van der Waals surface area contributed by atoms with E-state index in [0.29, 0.717) is 31.0 Å². The van der Waals surface area contributed by atoms with Gasteiger partial charge in [0, 0.05) is 24.7 Å². The maximum atomic E-state index is 12.9. The van der Waals surface area contributed by atoms with Crippen molar-refractivity contribution in [2.24, 2.45) is 45.3 Å². The number of rotatable bonds is 6. The number of fused-ring (bicyclic) bond motifs is 5. The largest absolute Gasteiger partial charge is 0.455 e. The molecule has 4 rings (SSSR count). The van der Waals surface area contributed by atoms with Gasteiger partial charge in [-0.05, 0) is 78.9 Å². The summed E-state index contributed by atoms with van der Waals surface area (Å²) in [7, 11) is 0. The van der Waals surface area contributed by atoms with Crippen molar-refractivity contribution in [1.29, 1.82) is 0 Å². The molecule has 0 radical (unpaired) electrons. The quantitative estimate of drug-likeness (QED) is 0.325. The third kappa shape index (κ3) is 4.17. The van der Waals surface area contributed by atoms with Gasteiger partial charge in [0.1, 0.15) is 5.78 Å². The molecule has 0 aliphatic heterocycles. The number of aliphatic hydroxyl groups excluding tert-OH is 1. The summed E-state index contributed by atoms with van der Waals surface area (Å²) in [5, 5.41) is 11.9. The van der Waals surface area contributed by atoms with Crippen LogP contribution in [0.5, 0.6) is 0 Å². The van der Waals surface area contributed by atoms with Crippen molar-refractivity contribution in [3.63, 3.8) is 0 Å². The van der Waals surface area contributed by atoms with Crippen LogP contribution < -0.4 is 0 Å². The van der Waals surface area contributed by atoms with Crippen molar-refractivity contribution in [3.8, 4) is 0 Å². The van der Waals surface area contributed by atoms with E-state index >= 15 is 0 Å². The van der Waals surface area contributed by atoms with E-state index in [9.17, 15) is 19.5 Å². The molecule has 3 saturated carbocycles. The van der Waals surface area contributed by atoms with Crippen molar-refractivity contribution in [1.82, 2.24) is 0 Å². The first kappa shape index (κ1) is 28.5. The van der Waals surface area contributed by atoms with Crippen LogP contribution in [0.2, 0.25) is 0 Å². The van der Waals surface area contributed by atoms with E-state index in [1.165, 1.54) is 18.1 Å². The highest BCUT2D eigenvalue weighted by molar-refractivity contribution is 5.87. The van der Waals surface area contributed by atoms with Gasteiger partial charge in [-0.15, -0.1) is 0 Å². The number of carbonyl (C=O) groups is 3. The van der Waals surface area contributed by atoms with E-state index in [0.717, 1.165) is 32.1 Å². The average molecular weight is 515 g/mol. The molecular weight excluding hydrogens is 464 g/mol. The normalized spacial score (nSPS) is 40.5. The third-order valence-electron chi connectivity index (χ3n) is 12.0. The van der Waals surface area contributed by atoms with Crippen LogP contribution in [0.3, 0.4) is 0 Å². The first-order valence-corrected chi connectivity index (χ1v) is 14.7. The summed E-state index contributed by atoms with van der Waals surface area (Å²) in [5.41, 5.74) is 2.29. The summed E-state index contributed by atoms with van der Waals surface area (Å²) in [6.45, 7) is 18.7. The minimum Gasteiger partial charge on any atom is -0.455 e. The van der Waals surface area contributed by atoms with Gasteiger partial charge in [0.15, 0.2) is 11.9 Å². The van der Waals surface area contributed by atoms with Crippen molar-refractivity contribution in [2.45, 2.75) is 126 Å². The predicted molar refractivity (Wildman–Crippen MR) is 145 cm³/mol. The summed E-state index contributed by atoms with van der Waals surface area (Å²) >= 11 is 0. The molecule has 3 fully saturated rings. The van der Waals surface area contributed by atoms with Crippen molar-refractivity contribution < 1.29 is 24.2 Å². The van der Waals surface area contributed by atoms with Crippen LogP contribution in [-0.2, 0) is 19.1 Å². The molecule has 4 aliphatic rings. The van der Waals surface area contributed by atoms with Crippen LogP contribution in [0.15, 0.2) is 11.1 Å². The van der Waals surface area contributed by atoms with Gasteiger partial charge in [-0.1, -0.05) is 66.5 Å². The Bertz CT molecular complexity index is 1010. The number of hydrogen-bond acceptors (Lipinski definition) is 5. The molecule has 0 amide bonds. The van der Waals surface area contributed by atoms with Crippen LogP contribution >= 0.6 is 0 Å². The zero-order chi connectivity index (χ0) is 27.7. The molecule has 0 bridgehead atoms. The van der Waals surface area contributed by atoms with Crippen molar-refractivity contribution >= 4 is 17.5 Å². The lowest BCUT2D eigenvalue weighted by Gasteiger charge is -2.69. The Kier molecular flexibility index (Phi) is 7.18. The Morgan fingerprint density at radius 3 is 2.27 bits per heavy atom. The molecule has 0 aromatic rings. The van der Waals surface area contributed by atoms with Gasteiger partial charge < -0.3 is 9.84 Å². The zero-order valence-electron chi connectivity index (χ0n) is 24.7. The predicted octanol–water partition coefficient (Wildman–Crippen LogP) is 6.46. The molecule has 0 saturated heterocycles. The highest BCUT2D eigenvalue weighted by atomic mass is 16.5. The Hall–Kier alpha value is -1.49. The second-order valence-electron chi connectivity index (χ2n) is 14.5. The van der Waals surface area contributed by atoms with Gasteiger partial charge in [-0.25, -0.2) is 0 Å². The fraction of sp³-hybridized carbons (Fsp3) is 0.844. The van der Waals surface area contributed by atoms with Crippen LogP contribution in [0, 0.1) is 45.3 Å². The van der Waals surface area contributed by atoms with E-state index in [1.54, 1.807) is 0 Å². The maximum absolute atomic E-state index is 12.9. The van der Waals surface area contributed by atoms with E-state index in [2.05, 4.69) is 41.5 Å². The molecular formula is C32H50O5. The summed E-state index contributed by atoms with van der Waals surface area (Å²) in [6, 6.07) is 0. The molecule has 5 nitrogen and oxygen atoms in total. The molecule has 4 aliphatic carbocycles. The molecule has 0 spiro atoms. The molecule has 208 valence electrons. The first-order chi connectivity index (χ1) is 17.0. The maximum Gasteiger partial charge on any atom is 0.303 e. The Labute approximate surface area is 224 Å². The van der Waals surface area contributed by atoms with Crippen LogP contribution in [0.25, 0.3) is 0 Å². The van der Waals surface area contributed by atoms with E-state index in [-0.39, 0.29) is 45.2 Å². The molecule has 1 N–H and O–H groups in total. The lowest BCUT2D eigenvalue weighted by atomic mass is 9.36. The van der Waals surface area contributed by atoms with Crippen LogP contribution in [-0.4, -0.2) is 34.9 Å². The highest BCUT2D eigenvalue weighted by Crippen LogP contribution is 2.74. The van der Waals surface area contributed by atoms with Gasteiger partial charge >= 0.3 is 5.97 Å². The summed E-state index contributed by atoms with van der Waals surface area (Å²) in [5.74, 6) is 0.314. The summed E-state index contributed by atoms with van der Waals surface area (Å²) < 4.78 is 5.50. The summed E-state index contributed by atoms with van der Waals surface area (Å²) in [4.78, 5) is 37.5. The second-order valence-corrected chi connectivity index (χ2v) is 14.5. The first-order valence-electron chi connectivity index (χ1n) is 14.7. The smallest absolute Gasteiger partial charge is 0.303 e. The number of aliphatic hydroxyl groups is 1. The fourth-order valence-electron chi connectivity index (χ4n) is 9.93.